The average molecular weight is 248 g/mol. The van der Waals surface area contributed by atoms with Gasteiger partial charge in [-0.05, 0) is 31.9 Å². The molecule has 0 radical (unpaired) electrons. The zero-order valence-corrected chi connectivity index (χ0v) is 11.4. The lowest BCUT2D eigenvalue weighted by atomic mass is 10.1. The molecule has 1 amide bonds. The molecule has 0 aliphatic carbocycles. The number of hydrogen-bond acceptors (Lipinski definition) is 3. The van der Waals surface area contributed by atoms with Crippen LogP contribution in [0.1, 0.15) is 36.2 Å². The van der Waals surface area contributed by atoms with Gasteiger partial charge >= 0.3 is 0 Å². The number of ether oxygens (including phenoxy) is 1. The monoisotopic (exact) mass is 248 g/mol. The standard InChI is InChI=1S/C14H20N2O2/c1-5-11(3)15-14(18-4)16-13(17)12-9-7-6-8-10(12)2/h6-9,11H,5H2,1-4H3,(H,15,16,17)/t11-/m0/s1. The van der Waals surface area contributed by atoms with Gasteiger partial charge in [-0.2, -0.15) is 0 Å². The van der Waals surface area contributed by atoms with E-state index in [1.54, 1.807) is 6.07 Å². The number of rotatable bonds is 3. The third kappa shape index (κ3) is 3.87. The molecule has 1 rings (SSSR count). The van der Waals surface area contributed by atoms with Crippen molar-refractivity contribution in [3.63, 3.8) is 0 Å². The van der Waals surface area contributed by atoms with Crippen molar-refractivity contribution >= 4 is 11.9 Å². The van der Waals surface area contributed by atoms with E-state index in [0.29, 0.717) is 5.56 Å². The second-order valence-electron chi connectivity index (χ2n) is 4.16. The fourth-order valence-electron chi connectivity index (χ4n) is 1.42. The van der Waals surface area contributed by atoms with Crippen molar-refractivity contribution in [2.24, 2.45) is 4.99 Å². The van der Waals surface area contributed by atoms with Crippen LogP contribution in [-0.4, -0.2) is 25.1 Å². The number of carbonyl (C=O) groups excluding carboxylic acids is 1. The fourth-order valence-corrected chi connectivity index (χ4v) is 1.42. The highest BCUT2D eigenvalue weighted by Gasteiger charge is 2.11. The molecule has 0 heterocycles. The average Bonchev–Trinajstić information content (AvgIpc) is 2.38. The van der Waals surface area contributed by atoms with Gasteiger partial charge in [0.25, 0.3) is 11.9 Å². The van der Waals surface area contributed by atoms with E-state index in [0.717, 1.165) is 12.0 Å². The second kappa shape index (κ2) is 6.79. The molecule has 0 aromatic heterocycles. The maximum absolute atomic E-state index is 12.0. The Morgan fingerprint density at radius 3 is 2.67 bits per heavy atom. The Morgan fingerprint density at radius 2 is 2.11 bits per heavy atom. The first kappa shape index (κ1) is 14.2. The van der Waals surface area contributed by atoms with Gasteiger partial charge in [-0.1, -0.05) is 25.1 Å². The normalized spacial score (nSPS) is 13.0. The number of nitrogens with zero attached hydrogens (tertiary/aromatic N) is 1. The highest BCUT2D eigenvalue weighted by Crippen LogP contribution is 2.06. The maximum Gasteiger partial charge on any atom is 0.291 e. The van der Waals surface area contributed by atoms with Gasteiger partial charge in [0.15, 0.2) is 0 Å². The number of amidine groups is 1. The Morgan fingerprint density at radius 1 is 1.44 bits per heavy atom. The molecular formula is C14H20N2O2. The van der Waals surface area contributed by atoms with Crippen LogP contribution >= 0.6 is 0 Å². The first-order valence-corrected chi connectivity index (χ1v) is 6.07. The van der Waals surface area contributed by atoms with E-state index in [4.69, 9.17) is 4.74 Å². The van der Waals surface area contributed by atoms with Crippen molar-refractivity contribution in [3.05, 3.63) is 35.4 Å². The zero-order chi connectivity index (χ0) is 13.5. The van der Waals surface area contributed by atoms with Crippen LogP contribution in [-0.2, 0) is 4.74 Å². The lowest BCUT2D eigenvalue weighted by Gasteiger charge is -2.10. The van der Waals surface area contributed by atoms with Crippen LogP contribution in [0.4, 0.5) is 0 Å². The number of amides is 1. The van der Waals surface area contributed by atoms with E-state index in [2.05, 4.69) is 10.3 Å². The summed E-state index contributed by atoms with van der Waals surface area (Å²) in [6.07, 6.45) is 0.896. The molecule has 0 saturated heterocycles. The highest BCUT2D eigenvalue weighted by molar-refractivity contribution is 6.04. The summed E-state index contributed by atoms with van der Waals surface area (Å²) in [6, 6.07) is 7.79. The van der Waals surface area contributed by atoms with E-state index in [9.17, 15) is 4.79 Å². The van der Waals surface area contributed by atoms with Crippen LogP contribution in [0.15, 0.2) is 29.3 Å². The Kier molecular flexibility index (Phi) is 5.36. The van der Waals surface area contributed by atoms with Crippen molar-refractivity contribution < 1.29 is 9.53 Å². The van der Waals surface area contributed by atoms with E-state index in [-0.39, 0.29) is 18.0 Å². The minimum absolute atomic E-state index is 0.122. The van der Waals surface area contributed by atoms with Crippen molar-refractivity contribution in [1.82, 2.24) is 5.32 Å². The highest BCUT2D eigenvalue weighted by atomic mass is 16.5. The third-order valence-electron chi connectivity index (χ3n) is 2.73. The van der Waals surface area contributed by atoms with Gasteiger partial charge in [0.05, 0.1) is 13.2 Å². The Labute approximate surface area is 108 Å². The van der Waals surface area contributed by atoms with Crippen molar-refractivity contribution in [2.75, 3.05) is 7.11 Å². The molecule has 18 heavy (non-hydrogen) atoms. The van der Waals surface area contributed by atoms with Crippen molar-refractivity contribution in [2.45, 2.75) is 33.2 Å². The molecule has 0 spiro atoms. The second-order valence-corrected chi connectivity index (χ2v) is 4.16. The molecule has 0 fully saturated rings. The minimum Gasteiger partial charge on any atom is -0.468 e. The summed E-state index contributed by atoms with van der Waals surface area (Å²) in [6.45, 7) is 5.90. The van der Waals surface area contributed by atoms with Crippen LogP contribution in [0.25, 0.3) is 0 Å². The predicted octanol–water partition coefficient (Wildman–Crippen LogP) is 2.53. The lowest BCUT2D eigenvalue weighted by Crippen LogP contribution is -2.33. The quantitative estimate of drug-likeness (QED) is 0.660. The van der Waals surface area contributed by atoms with E-state index >= 15 is 0 Å². The molecule has 98 valence electrons. The molecule has 1 aromatic rings. The molecule has 1 atom stereocenters. The largest absolute Gasteiger partial charge is 0.468 e. The molecule has 0 aliphatic heterocycles. The van der Waals surface area contributed by atoms with E-state index in [1.807, 2.05) is 39.0 Å². The van der Waals surface area contributed by atoms with Gasteiger partial charge in [0.2, 0.25) is 0 Å². The summed E-state index contributed by atoms with van der Waals surface area (Å²) in [5.41, 5.74) is 1.56. The van der Waals surface area contributed by atoms with E-state index < -0.39 is 0 Å². The van der Waals surface area contributed by atoms with Crippen LogP contribution in [0.2, 0.25) is 0 Å². The van der Waals surface area contributed by atoms with Gasteiger partial charge in [0, 0.05) is 5.56 Å². The van der Waals surface area contributed by atoms with Crippen LogP contribution < -0.4 is 5.32 Å². The van der Waals surface area contributed by atoms with E-state index in [1.165, 1.54) is 7.11 Å². The number of benzene rings is 1. The number of aryl methyl sites for hydroxylation is 1. The van der Waals surface area contributed by atoms with Gasteiger partial charge < -0.3 is 4.74 Å². The molecule has 1 N–H and O–H groups in total. The van der Waals surface area contributed by atoms with Crippen LogP contribution in [0.5, 0.6) is 0 Å². The summed E-state index contributed by atoms with van der Waals surface area (Å²) in [5.74, 6) is -0.197. The molecule has 0 saturated carbocycles. The summed E-state index contributed by atoms with van der Waals surface area (Å²) in [4.78, 5) is 16.3. The van der Waals surface area contributed by atoms with Gasteiger partial charge in [0.1, 0.15) is 0 Å². The first-order valence-electron chi connectivity index (χ1n) is 6.07. The number of nitrogens with one attached hydrogen (secondary N) is 1. The fraction of sp³-hybridized carbons (Fsp3) is 0.429. The van der Waals surface area contributed by atoms with Crippen molar-refractivity contribution in [1.29, 1.82) is 0 Å². The third-order valence-corrected chi connectivity index (χ3v) is 2.73. The lowest BCUT2D eigenvalue weighted by molar-refractivity contribution is 0.0967. The zero-order valence-electron chi connectivity index (χ0n) is 11.4. The summed E-state index contributed by atoms with van der Waals surface area (Å²) >= 11 is 0. The minimum atomic E-state index is -0.197. The Bertz CT molecular complexity index is 441. The molecule has 4 nitrogen and oxygen atoms in total. The number of aliphatic imine (C=N–C) groups is 1. The van der Waals surface area contributed by atoms with Gasteiger partial charge in [-0.3, -0.25) is 10.1 Å². The number of methoxy groups -OCH3 is 1. The SMILES string of the molecule is CC[C@H](C)N=C(NC(=O)c1ccccc1C)OC. The number of carbonyl (C=O) groups is 1. The topological polar surface area (TPSA) is 50.7 Å². The van der Waals surface area contributed by atoms with Gasteiger partial charge in [-0.15, -0.1) is 0 Å². The molecular weight excluding hydrogens is 228 g/mol. The van der Waals surface area contributed by atoms with Crippen LogP contribution in [0.3, 0.4) is 0 Å². The molecule has 1 aromatic carbocycles. The molecule has 4 heteroatoms. The number of hydrogen-bond donors (Lipinski definition) is 1. The first-order chi connectivity index (χ1) is 8.58. The van der Waals surface area contributed by atoms with Crippen molar-refractivity contribution in [3.8, 4) is 0 Å². The molecule has 0 bridgehead atoms. The summed E-state index contributed by atoms with van der Waals surface area (Å²) < 4.78 is 5.07. The summed E-state index contributed by atoms with van der Waals surface area (Å²) in [5, 5.41) is 2.68. The smallest absolute Gasteiger partial charge is 0.291 e. The molecule has 0 aliphatic rings. The van der Waals surface area contributed by atoms with Crippen LogP contribution in [0, 0.1) is 6.92 Å². The molecule has 0 unspecified atom stereocenters. The maximum atomic E-state index is 12.0. The van der Waals surface area contributed by atoms with Gasteiger partial charge in [-0.25, -0.2) is 4.99 Å². The predicted molar refractivity (Wildman–Crippen MR) is 72.8 cm³/mol. The summed E-state index contributed by atoms with van der Waals surface area (Å²) in [7, 11) is 1.50. The Hall–Kier alpha value is -1.84. The Balaban J connectivity index is 2.81.